The van der Waals surface area contributed by atoms with Gasteiger partial charge in [0, 0.05) is 5.56 Å². The molecule has 3 nitrogen and oxygen atoms in total. The van der Waals surface area contributed by atoms with Gasteiger partial charge in [0.25, 0.3) is 0 Å². The van der Waals surface area contributed by atoms with E-state index in [1.165, 1.54) is 0 Å². The number of Topliss-reactive ketones (excluding diaryl/α,β-unsaturated/α-hetero) is 1. The summed E-state index contributed by atoms with van der Waals surface area (Å²) in [6.07, 6.45) is 1.57. The quantitative estimate of drug-likeness (QED) is 0.474. The third kappa shape index (κ3) is 3.59. The van der Waals surface area contributed by atoms with Crippen LogP contribution in [0, 0.1) is 11.3 Å². The van der Waals surface area contributed by atoms with E-state index in [1.807, 2.05) is 12.1 Å². The summed E-state index contributed by atoms with van der Waals surface area (Å²) >= 11 is 3.38. The van der Waals surface area contributed by atoms with Crippen molar-refractivity contribution in [3.8, 4) is 11.8 Å². The van der Waals surface area contributed by atoms with E-state index in [4.69, 9.17) is 4.74 Å². The second-order valence-corrected chi connectivity index (χ2v) is 5.11. The van der Waals surface area contributed by atoms with Crippen LogP contribution in [-0.2, 0) is 0 Å². The van der Waals surface area contributed by atoms with Gasteiger partial charge in [-0.3, -0.25) is 4.79 Å². The topological polar surface area (TPSA) is 50.1 Å². The molecular formula is C17H12BrNO2. The Kier molecular flexibility index (Phi) is 4.91. The van der Waals surface area contributed by atoms with Crippen molar-refractivity contribution in [1.82, 2.24) is 0 Å². The molecule has 0 heterocycles. The highest BCUT2D eigenvalue weighted by Crippen LogP contribution is 2.26. The van der Waals surface area contributed by atoms with E-state index in [1.54, 1.807) is 55.7 Å². The summed E-state index contributed by atoms with van der Waals surface area (Å²) in [5.41, 5.74) is 1.35. The summed E-state index contributed by atoms with van der Waals surface area (Å²) in [5.74, 6) is 0.407. The number of methoxy groups -OCH3 is 1. The number of carbonyl (C=O) groups is 1. The number of hydrogen-bond donors (Lipinski definition) is 0. The Hall–Kier alpha value is -2.38. The van der Waals surface area contributed by atoms with Gasteiger partial charge in [0.1, 0.15) is 17.4 Å². The molecule has 0 aliphatic rings. The molecule has 0 N–H and O–H groups in total. The maximum absolute atomic E-state index is 12.3. The molecule has 4 heteroatoms. The predicted octanol–water partition coefficient (Wildman–Crippen LogP) is 4.25. The maximum Gasteiger partial charge on any atom is 0.203 e. The molecule has 2 aromatic carbocycles. The molecule has 2 aromatic rings. The fourth-order valence-corrected chi connectivity index (χ4v) is 2.39. The van der Waals surface area contributed by atoms with Crippen molar-refractivity contribution < 1.29 is 9.53 Å². The molecule has 0 spiro atoms. The van der Waals surface area contributed by atoms with Crippen LogP contribution in [-0.4, -0.2) is 12.9 Å². The Morgan fingerprint density at radius 1 is 1.24 bits per heavy atom. The molecule has 0 saturated heterocycles. The van der Waals surface area contributed by atoms with E-state index in [0.717, 1.165) is 10.0 Å². The molecule has 0 radical (unpaired) electrons. The number of nitriles is 1. The SMILES string of the molecule is COc1ccc(/C=C(\C#N)C(=O)c2ccccc2)cc1Br. The van der Waals surface area contributed by atoms with Gasteiger partial charge in [0.05, 0.1) is 11.6 Å². The number of hydrogen-bond acceptors (Lipinski definition) is 3. The van der Waals surface area contributed by atoms with Crippen LogP contribution in [0.1, 0.15) is 15.9 Å². The minimum absolute atomic E-state index is 0.0956. The Labute approximate surface area is 131 Å². The van der Waals surface area contributed by atoms with Crippen molar-refractivity contribution in [2.75, 3.05) is 7.11 Å². The number of rotatable bonds is 4. The van der Waals surface area contributed by atoms with Crippen LogP contribution in [0.3, 0.4) is 0 Å². The van der Waals surface area contributed by atoms with Gasteiger partial charge in [0.2, 0.25) is 5.78 Å². The van der Waals surface area contributed by atoms with Crippen molar-refractivity contribution in [3.63, 3.8) is 0 Å². The van der Waals surface area contributed by atoms with Crippen molar-refractivity contribution >= 4 is 27.8 Å². The molecule has 0 amide bonds. The highest BCUT2D eigenvalue weighted by molar-refractivity contribution is 9.10. The van der Waals surface area contributed by atoms with Gasteiger partial charge in [-0.1, -0.05) is 36.4 Å². The lowest BCUT2D eigenvalue weighted by Gasteiger charge is -2.04. The fraction of sp³-hybridized carbons (Fsp3) is 0.0588. The molecule has 21 heavy (non-hydrogen) atoms. The second-order valence-electron chi connectivity index (χ2n) is 4.26. The summed E-state index contributed by atoms with van der Waals surface area (Å²) < 4.78 is 5.92. The minimum Gasteiger partial charge on any atom is -0.496 e. The van der Waals surface area contributed by atoms with Crippen LogP contribution in [0.4, 0.5) is 0 Å². The average Bonchev–Trinajstić information content (AvgIpc) is 2.53. The predicted molar refractivity (Wildman–Crippen MR) is 85.1 cm³/mol. The number of ketones is 1. The number of halogens is 1. The van der Waals surface area contributed by atoms with E-state index < -0.39 is 0 Å². The minimum atomic E-state index is -0.287. The summed E-state index contributed by atoms with van der Waals surface area (Å²) in [6, 6.07) is 16.1. The van der Waals surface area contributed by atoms with Crippen LogP contribution in [0.2, 0.25) is 0 Å². The molecule has 0 saturated carbocycles. The van der Waals surface area contributed by atoms with Crippen LogP contribution in [0.25, 0.3) is 6.08 Å². The van der Waals surface area contributed by atoms with Crippen LogP contribution in [0.5, 0.6) is 5.75 Å². The van der Waals surface area contributed by atoms with Crippen LogP contribution in [0.15, 0.2) is 58.6 Å². The molecule has 2 rings (SSSR count). The lowest BCUT2D eigenvalue weighted by molar-refractivity contribution is 0.104. The smallest absolute Gasteiger partial charge is 0.203 e. The first-order valence-corrected chi connectivity index (χ1v) is 7.00. The first kappa shape index (κ1) is 15.0. The molecule has 0 unspecified atom stereocenters. The Balaban J connectivity index is 2.36. The Morgan fingerprint density at radius 3 is 2.52 bits per heavy atom. The van der Waals surface area contributed by atoms with Gasteiger partial charge >= 0.3 is 0 Å². The zero-order valence-electron chi connectivity index (χ0n) is 11.3. The molecule has 0 fully saturated rings. The molecule has 0 aliphatic heterocycles. The monoisotopic (exact) mass is 341 g/mol. The van der Waals surface area contributed by atoms with Gasteiger partial charge in [0.15, 0.2) is 0 Å². The number of nitrogens with zero attached hydrogens (tertiary/aromatic N) is 1. The standard InChI is InChI=1S/C17H12BrNO2/c1-21-16-8-7-12(10-15(16)18)9-14(11-19)17(20)13-5-3-2-4-6-13/h2-10H,1H3/b14-9+. The highest BCUT2D eigenvalue weighted by atomic mass is 79.9. The van der Waals surface area contributed by atoms with Gasteiger partial charge in [-0.15, -0.1) is 0 Å². The van der Waals surface area contributed by atoms with Gasteiger partial charge in [-0.05, 0) is 39.7 Å². The number of benzene rings is 2. The second kappa shape index (κ2) is 6.87. The lowest BCUT2D eigenvalue weighted by Crippen LogP contribution is -2.01. The maximum atomic E-state index is 12.3. The zero-order chi connectivity index (χ0) is 15.2. The Morgan fingerprint density at radius 2 is 1.95 bits per heavy atom. The number of ether oxygens (including phenoxy) is 1. The third-order valence-corrected chi connectivity index (χ3v) is 3.51. The lowest BCUT2D eigenvalue weighted by atomic mass is 10.0. The third-order valence-electron chi connectivity index (χ3n) is 2.89. The summed E-state index contributed by atoms with van der Waals surface area (Å²) in [4.78, 5) is 12.3. The van der Waals surface area contributed by atoms with E-state index in [9.17, 15) is 10.1 Å². The van der Waals surface area contributed by atoms with Gasteiger partial charge in [-0.25, -0.2) is 0 Å². The van der Waals surface area contributed by atoms with E-state index in [-0.39, 0.29) is 11.4 Å². The normalized spacial score (nSPS) is 10.8. The first-order valence-electron chi connectivity index (χ1n) is 6.21. The summed E-state index contributed by atoms with van der Waals surface area (Å²) in [6.45, 7) is 0. The summed E-state index contributed by atoms with van der Waals surface area (Å²) in [7, 11) is 1.58. The van der Waals surface area contributed by atoms with Crippen molar-refractivity contribution in [1.29, 1.82) is 5.26 Å². The fourth-order valence-electron chi connectivity index (χ4n) is 1.83. The largest absolute Gasteiger partial charge is 0.496 e. The molecule has 0 atom stereocenters. The van der Waals surface area contributed by atoms with E-state index in [0.29, 0.717) is 11.3 Å². The van der Waals surface area contributed by atoms with Gasteiger partial charge < -0.3 is 4.74 Å². The van der Waals surface area contributed by atoms with Gasteiger partial charge in [-0.2, -0.15) is 5.26 Å². The molecule has 0 aromatic heterocycles. The van der Waals surface area contributed by atoms with E-state index >= 15 is 0 Å². The van der Waals surface area contributed by atoms with E-state index in [2.05, 4.69) is 15.9 Å². The number of carbonyl (C=O) groups excluding carboxylic acids is 1. The van der Waals surface area contributed by atoms with Crippen LogP contribution >= 0.6 is 15.9 Å². The zero-order valence-corrected chi connectivity index (χ0v) is 12.9. The molecule has 0 bridgehead atoms. The first-order chi connectivity index (χ1) is 10.2. The van der Waals surface area contributed by atoms with Crippen molar-refractivity contribution in [3.05, 3.63) is 69.7 Å². The molecular weight excluding hydrogens is 330 g/mol. The highest BCUT2D eigenvalue weighted by Gasteiger charge is 2.11. The average molecular weight is 342 g/mol. The summed E-state index contributed by atoms with van der Waals surface area (Å²) in [5, 5.41) is 9.21. The molecule has 0 aliphatic carbocycles. The van der Waals surface area contributed by atoms with Crippen molar-refractivity contribution in [2.45, 2.75) is 0 Å². The number of allylic oxidation sites excluding steroid dienone is 1. The van der Waals surface area contributed by atoms with Crippen molar-refractivity contribution in [2.24, 2.45) is 0 Å². The van der Waals surface area contributed by atoms with Crippen LogP contribution < -0.4 is 4.74 Å². The molecule has 104 valence electrons. The Bertz CT molecular complexity index is 730.